The fraction of sp³-hybridized carbons (Fsp3) is 0.250. The molecule has 0 radical (unpaired) electrons. The van der Waals surface area contributed by atoms with Gasteiger partial charge in [-0.2, -0.15) is 0 Å². The van der Waals surface area contributed by atoms with E-state index in [1.807, 2.05) is 30.3 Å². The van der Waals surface area contributed by atoms with Gasteiger partial charge in [0.15, 0.2) is 0 Å². The van der Waals surface area contributed by atoms with Gasteiger partial charge in [0.2, 0.25) is 0 Å². The summed E-state index contributed by atoms with van der Waals surface area (Å²) in [6.07, 6.45) is 0. The summed E-state index contributed by atoms with van der Waals surface area (Å²) in [6, 6.07) is 11.9. The fourth-order valence-corrected chi connectivity index (χ4v) is 2.59. The van der Waals surface area contributed by atoms with Crippen molar-refractivity contribution in [3.05, 3.63) is 57.0 Å². The largest absolute Gasteiger partial charge is 0.310 e. The molecule has 0 heterocycles. The van der Waals surface area contributed by atoms with Crippen LogP contribution < -0.4 is 5.32 Å². The lowest BCUT2D eigenvalue weighted by molar-refractivity contribution is 0.589. The van der Waals surface area contributed by atoms with Crippen molar-refractivity contribution in [2.75, 3.05) is 0 Å². The standard InChI is InChI=1S/C16H16Cl3N/c1-10(2)20-9-11-8-12(17)6-7-13(11)14-4-3-5-15(18)16(14)19/h3-8,10,20H,9H2,1-2H3. The normalized spacial score (nSPS) is 11.1. The fourth-order valence-electron chi connectivity index (χ4n) is 2.00. The monoisotopic (exact) mass is 327 g/mol. The zero-order valence-electron chi connectivity index (χ0n) is 11.4. The van der Waals surface area contributed by atoms with Crippen LogP contribution in [0.1, 0.15) is 19.4 Å². The van der Waals surface area contributed by atoms with Gasteiger partial charge in [-0.3, -0.25) is 0 Å². The van der Waals surface area contributed by atoms with Crippen molar-refractivity contribution in [1.29, 1.82) is 0 Å². The lowest BCUT2D eigenvalue weighted by atomic mass is 9.99. The Morgan fingerprint density at radius 2 is 1.75 bits per heavy atom. The Morgan fingerprint density at radius 3 is 2.45 bits per heavy atom. The maximum atomic E-state index is 6.32. The lowest BCUT2D eigenvalue weighted by Crippen LogP contribution is -2.22. The summed E-state index contributed by atoms with van der Waals surface area (Å²) >= 11 is 18.5. The van der Waals surface area contributed by atoms with Crippen LogP contribution in [0.4, 0.5) is 0 Å². The van der Waals surface area contributed by atoms with Crippen molar-refractivity contribution >= 4 is 34.8 Å². The second-order valence-electron chi connectivity index (χ2n) is 4.94. The topological polar surface area (TPSA) is 12.0 Å². The molecule has 2 aromatic rings. The average molecular weight is 329 g/mol. The summed E-state index contributed by atoms with van der Waals surface area (Å²) in [5, 5.41) is 5.24. The highest BCUT2D eigenvalue weighted by atomic mass is 35.5. The van der Waals surface area contributed by atoms with E-state index in [0.717, 1.165) is 23.2 Å². The molecule has 20 heavy (non-hydrogen) atoms. The molecule has 0 fully saturated rings. The highest BCUT2D eigenvalue weighted by molar-refractivity contribution is 6.43. The van der Waals surface area contributed by atoms with Gasteiger partial charge in [-0.15, -0.1) is 0 Å². The molecule has 0 unspecified atom stereocenters. The number of rotatable bonds is 4. The smallest absolute Gasteiger partial charge is 0.0670 e. The molecule has 2 rings (SSSR count). The van der Waals surface area contributed by atoms with Gasteiger partial charge in [-0.25, -0.2) is 0 Å². The molecule has 1 nitrogen and oxygen atoms in total. The zero-order valence-corrected chi connectivity index (χ0v) is 13.7. The molecule has 1 N–H and O–H groups in total. The summed E-state index contributed by atoms with van der Waals surface area (Å²) in [4.78, 5) is 0. The second kappa shape index (κ2) is 6.82. The van der Waals surface area contributed by atoms with Crippen molar-refractivity contribution in [1.82, 2.24) is 5.32 Å². The molecule has 0 aliphatic carbocycles. The molecule has 0 aromatic heterocycles. The molecule has 0 aliphatic rings. The van der Waals surface area contributed by atoms with Crippen molar-refractivity contribution in [3.63, 3.8) is 0 Å². The molecule has 2 aromatic carbocycles. The molecular formula is C16H16Cl3N. The summed E-state index contributed by atoms with van der Waals surface area (Å²) in [5.41, 5.74) is 3.09. The van der Waals surface area contributed by atoms with Gasteiger partial charge in [0.1, 0.15) is 0 Å². The van der Waals surface area contributed by atoms with Gasteiger partial charge in [-0.05, 0) is 29.3 Å². The predicted octanol–water partition coefficient (Wildman–Crippen LogP) is 5.81. The van der Waals surface area contributed by atoms with E-state index in [0.29, 0.717) is 21.1 Å². The van der Waals surface area contributed by atoms with Crippen LogP contribution in [-0.2, 0) is 6.54 Å². The highest BCUT2D eigenvalue weighted by Crippen LogP contribution is 2.36. The first-order chi connectivity index (χ1) is 9.49. The van der Waals surface area contributed by atoms with Crippen LogP contribution in [0.25, 0.3) is 11.1 Å². The zero-order chi connectivity index (χ0) is 14.7. The van der Waals surface area contributed by atoms with E-state index in [1.165, 1.54) is 0 Å². The molecule has 0 saturated heterocycles. The number of halogens is 3. The molecule has 0 amide bonds. The van der Waals surface area contributed by atoms with Crippen LogP contribution >= 0.6 is 34.8 Å². The van der Waals surface area contributed by atoms with E-state index < -0.39 is 0 Å². The van der Waals surface area contributed by atoms with Crippen LogP contribution in [0.5, 0.6) is 0 Å². The van der Waals surface area contributed by atoms with E-state index >= 15 is 0 Å². The summed E-state index contributed by atoms with van der Waals surface area (Å²) in [5.74, 6) is 0. The Hall–Kier alpha value is -0.730. The number of hydrogen-bond acceptors (Lipinski definition) is 1. The molecule has 0 atom stereocenters. The van der Waals surface area contributed by atoms with Gasteiger partial charge >= 0.3 is 0 Å². The minimum atomic E-state index is 0.400. The third-order valence-corrected chi connectivity index (χ3v) is 4.06. The quantitative estimate of drug-likeness (QED) is 0.746. The Morgan fingerprint density at radius 1 is 1.00 bits per heavy atom. The Bertz CT molecular complexity index is 609. The highest BCUT2D eigenvalue weighted by Gasteiger charge is 2.11. The van der Waals surface area contributed by atoms with Gasteiger partial charge in [0.05, 0.1) is 10.0 Å². The third-order valence-electron chi connectivity index (χ3n) is 3.01. The molecular weight excluding hydrogens is 313 g/mol. The summed E-state index contributed by atoms with van der Waals surface area (Å²) in [7, 11) is 0. The van der Waals surface area contributed by atoms with Gasteiger partial charge in [0, 0.05) is 23.2 Å². The first-order valence-corrected chi connectivity index (χ1v) is 7.58. The maximum Gasteiger partial charge on any atom is 0.0670 e. The van der Waals surface area contributed by atoms with Crippen LogP contribution in [0, 0.1) is 0 Å². The molecule has 0 spiro atoms. The summed E-state index contributed by atoms with van der Waals surface area (Å²) < 4.78 is 0. The minimum absolute atomic E-state index is 0.400. The molecule has 0 saturated carbocycles. The Kier molecular flexibility index (Phi) is 5.34. The summed E-state index contributed by atoms with van der Waals surface area (Å²) in [6.45, 7) is 4.95. The van der Waals surface area contributed by atoms with Crippen molar-refractivity contribution < 1.29 is 0 Å². The van der Waals surface area contributed by atoms with E-state index in [-0.39, 0.29) is 0 Å². The maximum absolute atomic E-state index is 6.32. The number of nitrogens with one attached hydrogen (secondary N) is 1. The van der Waals surface area contributed by atoms with Gasteiger partial charge in [-0.1, -0.05) is 66.8 Å². The average Bonchev–Trinajstić information content (AvgIpc) is 2.40. The van der Waals surface area contributed by atoms with Crippen molar-refractivity contribution in [3.8, 4) is 11.1 Å². The lowest BCUT2D eigenvalue weighted by Gasteiger charge is -2.15. The van der Waals surface area contributed by atoms with E-state index in [2.05, 4.69) is 19.2 Å². The van der Waals surface area contributed by atoms with E-state index in [1.54, 1.807) is 6.07 Å². The predicted molar refractivity (Wildman–Crippen MR) is 88.9 cm³/mol. The second-order valence-corrected chi connectivity index (χ2v) is 6.16. The molecule has 4 heteroatoms. The van der Waals surface area contributed by atoms with Crippen LogP contribution in [0.15, 0.2) is 36.4 Å². The van der Waals surface area contributed by atoms with Gasteiger partial charge < -0.3 is 5.32 Å². The van der Waals surface area contributed by atoms with Crippen LogP contribution in [0.2, 0.25) is 15.1 Å². The Labute approximate surface area is 134 Å². The van der Waals surface area contributed by atoms with Crippen molar-refractivity contribution in [2.45, 2.75) is 26.4 Å². The molecule has 0 bridgehead atoms. The molecule has 106 valence electrons. The Balaban J connectivity index is 2.47. The van der Waals surface area contributed by atoms with E-state index in [4.69, 9.17) is 34.8 Å². The first kappa shape index (κ1) is 15.7. The SMILES string of the molecule is CC(C)NCc1cc(Cl)ccc1-c1cccc(Cl)c1Cl. The first-order valence-electron chi connectivity index (χ1n) is 6.45. The number of hydrogen-bond donors (Lipinski definition) is 1. The minimum Gasteiger partial charge on any atom is -0.310 e. The number of benzene rings is 2. The van der Waals surface area contributed by atoms with Crippen molar-refractivity contribution in [2.24, 2.45) is 0 Å². The van der Waals surface area contributed by atoms with Crippen LogP contribution in [-0.4, -0.2) is 6.04 Å². The third kappa shape index (κ3) is 3.67. The van der Waals surface area contributed by atoms with Crippen LogP contribution in [0.3, 0.4) is 0 Å². The van der Waals surface area contributed by atoms with Gasteiger partial charge in [0.25, 0.3) is 0 Å². The van der Waals surface area contributed by atoms with E-state index in [9.17, 15) is 0 Å². The molecule has 0 aliphatic heterocycles.